The first kappa shape index (κ1) is 16.2. The second kappa shape index (κ2) is 8.32. The maximum absolute atomic E-state index is 11.6. The SMILES string of the molecule is CC(C)OCC(=O)NC(CCc1ccccc1)C(=O)O. The molecule has 2 N–H and O–H groups in total. The van der Waals surface area contributed by atoms with E-state index in [0.717, 1.165) is 5.56 Å². The van der Waals surface area contributed by atoms with Crippen molar-refractivity contribution in [2.24, 2.45) is 0 Å². The normalized spacial score (nSPS) is 12.2. The molecule has 1 aromatic rings. The van der Waals surface area contributed by atoms with Crippen LogP contribution in [0.1, 0.15) is 25.8 Å². The summed E-state index contributed by atoms with van der Waals surface area (Å²) < 4.78 is 5.14. The molecule has 1 amide bonds. The van der Waals surface area contributed by atoms with Crippen molar-refractivity contribution in [1.29, 1.82) is 0 Å². The zero-order valence-corrected chi connectivity index (χ0v) is 11.8. The van der Waals surface area contributed by atoms with Crippen molar-refractivity contribution >= 4 is 11.9 Å². The summed E-state index contributed by atoms with van der Waals surface area (Å²) in [4.78, 5) is 22.7. The van der Waals surface area contributed by atoms with Gasteiger partial charge in [0.05, 0.1) is 6.10 Å². The van der Waals surface area contributed by atoms with Gasteiger partial charge in [-0.25, -0.2) is 4.79 Å². The molecule has 0 aliphatic heterocycles. The van der Waals surface area contributed by atoms with Crippen LogP contribution in [-0.2, 0) is 20.7 Å². The van der Waals surface area contributed by atoms with Gasteiger partial charge in [0.2, 0.25) is 5.91 Å². The molecule has 5 heteroatoms. The predicted octanol–water partition coefficient (Wildman–Crippen LogP) is 1.61. The van der Waals surface area contributed by atoms with Gasteiger partial charge in [0.15, 0.2) is 0 Å². The summed E-state index contributed by atoms with van der Waals surface area (Å²) in [6.45, 7) is 3.52. The highest BCUT2D eigenvalue weighted by Gasteiger charge is 2.19. The molecule has 0 heterocycles. The summed E-state index contributed by atoms with van der Waals surface area (Å²) in [5, 5.41) is 11.6. The summed E-state index contributed by atoms with van der Waals surface area (Å²) in [7, 11) is 0. The Labute approximate surface area is 118 Å². The van der Waals surface area contributed by atoms with Gasteiger partial charge in [0.1, 0.15) is 12.6 Å². The van der Waals surface area contributed by atoms with Crippen molar-refractivity contribution in [1.82, 2.24) is 5.32 Å². The van der Waals surface area contributed by atoms with Crippen LogP contribution in [0.25, 0.3) is 0 Å². The van der Waals surface area contributed by atoms with Crippen LogP contribution in [0, 0.1) is 0 Å². The number of benzene rings is 1. The zero-order chi connectivity index (χ0) is 15.0. The number of nitrogens with one attached hydrogen (secondary N) is 1. The molecule has 5 nitrogen and oxygen atoms in total. The molecular formula is C15H21NO4. The first-order chi connectivity index (χ1) is 9.49. The minimum Gasteiger partial charge on any atom is -0.480 e. The third-order valence-corrected chi connectivity index (χ3v) is 2.75. The Morgan fingerprint density at radius 1 is 1.25 bits per heavy atom. The Morgan fingerprint density at radius 2 is 1.90 bits per heavy atom. The Morgan fingerprint density at radius 3 is 2.45 bits per heavy atom. The van der Waals surface area contributed by atoms with E-state index in [0.29, 0.717) is 12.8 Å². The lowest BCUT2D eigenvalue weighted by atomic mass is 10.1. The lowest BCUT2D eigenvalue weighted by Gasteiger charge is -2.15. The monoisotopic (exact) mass is 279 g/mol. The highest BCUT2D eigenvalue weighted by Crippen LogP contribution is 2.05. The number of aryl methyl sites for hydroxylation is 1. The van der Waals surface area contributed by atoms with E-state index in [4.69, 9.17) is 9.84 Å². The van der Waals surface area contributed by atoms with Crippen molar-refractivity contribution in [3.05, 3.63) is 35.9 Å². The molecule has 0 radical (unpaired) electrons. The van der Waals surface area contributed by atoms with Crippen LogP contribution >= 0.6 is 0 Å². The molecular weight excluding hydrogens is 258 g/mol. The summed E-state index contributed by atoms with van der Waals surface area (Å²) in [6.07, 6.45) is 0.893. The number of hydrogen-bond donors (Lipinski definition) is 2. The lowest BCUT2D eigenvalue weighted by Crippen LogP contribution is -2.43. The standard InChI is InChI=1S/C15H21NO4/c1-11(2)20-10-14(17)16-13(15(18)19)9-8-12-6-4-3-5-7-12/h3-7,11,13H,8-10H2,1-2H3,(H,16,17)(H,18,19). The second-order valence-electron chi connectivity index (χ2n) is 4.84. The average Bonchev–Trinajstić information content (AvgIpc) is 2.42. The topological polar surface area (TPSA) is 75.6 Å². The zero-order valence-electron chi connectivity index (χ0n) is 11.8. The van der Waals surface area contributed by atoms with Crippen molar-refractivity contribution in [2.45, 2.75) is 38.8 Å². The fraction of sp³-hybridized carbons (Fsp3) is 0.467. The van der Waals surface area contributed by atoms with Crippen molar-refractivity contribution in [3.63, 3.8) is 0 Å². The number of ether oxygens (including phenoxy) is 1. The van der Waals surface area contributed by atoms with Gasteiger partial charge in [0, 0.05) is 0 Å². The van der Waals surface area contributed by atoms with Gasteiger partial charge in [-0.1, -0.05) is 30.3 Å². The molecule has 0 bridgehead atoms. The van der Waals surface area contributed by atoms with E-state index < -0.39 is 17.9 Å². The van der Waals surface area contributed by atoms with Gasteiger partial charge in [-0.3, -0.25) is 4.79 Å². The maximum Gasteiger partial charge on any atom is 0.326 e. The summed E-state index contributed by atoms with van der Waals surface area (Å²) in [5.41, 5.74) is 1.05. The summed E-state index contributed by atoms with van der Waals surface area (Å²) in [6, 6.07) is 8.69. The fourth-order valence-electron chi connectivity index (χ4n) is 1.69. The third kappa shape index (κ3) is 6.33. The largest absolute Gasteiger partial charge is 0.480 e. The number of rotatable bonds is 8. The smallest absolute Gasteiger partial charge is 0.326 e. The lowest BCUT2D eigenvalue weighted by molar-refractivity contribution is -0.143. The third-order valence-electron chi connectivity index (χ3n) is 2.75. The number of carbonyl (C=O) groups excluding carboxylic acids is 1. The second-order valence-corrected chi connectivity index (χ2v) is 4.84. The maximum atomic E-state index is 11.6. The molecule has 1 unspecified atom stereocenters. The minimum atomic E-state index is -1.03. The molecule has 110 valence electrons. The van der Waals surface area contributed by atoms with E-state index in [9.17, 15) is 9.59 Å². The number of aliphatic carboxylic acids is 1. The van der Waals surface area contributed by atoms with E-state index >= 15 is 0 Å². The van der Waals surface area contributed by atoms with E-state index in [1.807, 2.05) is 44.2 Å². The molecule has 0 aliphatic rings. The summed E-state index contributed by atoms with van der Waals surface area (Å²) in [5.74, 6) is -1.43. The number of carbonyl (C=O) groups is 2. The Balaban J connectivity index is 2.44. The van der Waals surface area contributed by atoms with Crippen LogP contribution < -0.4 is 5.32 Å². The van der Waals surface area contributed by atoms with Crippen LogP contribution in [-0.4, -0.2) is 35.7 Å². The highest BCUT2D eigenvalue weighted by atomic mass is 16.5. The summed E-state index contributed by atoms with van der Waals surface area (Å²) >= 11 is 0. The molecule has 1 rings (SSSR count). The Bertz CT molecular complexity index is 431. The average molecular weight is 279 g/mol. The van der Waals surface area contributed by atoms with Crippen molar-refractivity contribution in [2.75, 3.05) is 6.61 Å². The molecule has 0 fully saturated rings. The fourth-order valence-corrected chi connectivity index (χ4v) is 1.69. The molecule has 1 aromatic carbocycles. The van der Waals surface area contributed by atoms with Crippen molar-refractivity contribution in [3.8, 4) is 0 Å². The van der Waals surface area contributed by atoms with Crippen LogP contribution in [0.4, 0.5) is 0 Å². The predicted molar refractivity (Wildman–Crippen MR) is 75.4 cm³/mol. The van der Waals surface area contributed by atoms with E-state index in [1.165, 1.54) is 0 Å². The molecule has 0 saturated carbocycles. The molecule has 0 spiro atoms. The van der Waals surface area contributed by atoms with Crippen LogP contribution in [0.15, 0.2) is 30.3 Å². The Kier molecular flexibility index (Phi) is 6.73. The van der Waals surface area contributed by atoms with Crippen LogP contribution in [0.5, 0.6) is 0 Å². The highest BCUT2D eigenvalue weighted by molar-refractivity contribution is 5.84. The molecule has 0 aliphatic carbocycles. The molecule has 1 atom stereocenters. The van der Waals surface area contributed by atoms with E-state index in [2.05, 4.69) is 5.32 Å². The van der Waals surface area contributed by atoms with Crippen molar-refractivity contribution < 1.29 is 19.4 Å². The molecule has 0 saturated heterocycles. The van der Waals surface area contributed by atoms with Crippen LogP contribution in [0.3, 0.4) is 0 Å². The Hall–Kier alpha value is -1.88. The van der Waals surface area contributed by atoms with Gasteiger partial charge in [-0.05, 0) is 32.3 Å². The van der Waals surface area contributed by atoms with Crippen LogP contribution in [0.2, 0.25) is 0 Å². The van der Waals surface area contributed by atoms with Gasteiger partial charge in [-0.2, -0.15) is 0 Å². The van der Waals surface area contributed by atoms with Gasteiger partial charge < -0.3 is 15.2 Å². The minimum absolute atomic E-state index is 0.0617. The molecule has 0 aromatic heterocycles. The molecule has 20 heavy (non-hydrogen) atoms. The number of carboxylic acids is 1. The van der Waals surface area contributed by atoms with Gasteiger partial charge in [-0.15, -0.1) is 0 Å². The van der Waals surface area contributed by atoms with E-state index in [-0.39, 0.29) is 12.7 Å². The van der Waals surface area contributed by atoms with Gasteiger partial charge in [0.25, 0.3) is 0 Å². The first-order valence-electron chi connectivity index (χ1n) is 6.66. The quantitative estimate of drug-likeness (QED) is 0.758. The number of hydrogen-bond acceptors (Lipinski definition) is 3. The number of carboxylic acid groups (broad SMARTS) is 1. The number of amides is 1. The van der Waals surface area contributed by atoms with Gasteiger partial charge >= 0.3 is 5.97 Å². The van der Waals surface area contributed by atoms with E-state index in [1.54, 1.807) is 0 Å². The first-order valence-corrected chi connectivity index (χ1v) is 6.66.